The molecule has 0 N–H and O–H groups in total. The van der Waals surface area contributed by atoms with E-state index in [0.717, 1.165) is 24.0 Å². The highest BCUT2D eigenvalue weighted by atomic mass is 35.5. The second-order valence-electron chi connectivity index (χ2n) is 6.81. The number of aromatic nitrogens is 3. The molecule has 0 amide bonds. The zero-order valence-corrected chi connectivity index (χ0v) is 16.8. The molecule has 0 radical (unpaired) electrons. The predicted octanol–water partition coefficient (Wildman–Crippen LogP) is 5.14. The van der Waals surface area contributed by atoms with Gasteiger partial charge in [-0.2, -0.15) is 13.2 Å². The topological polar surface area (TPSA) is 57.0 Å². The summed E-state index contributed by atoms with van der Waals surface area (Å²) in [6.07, 6.45) is -1.91. The summed E-state index contributed by atoms with van der Waals surface area (Å²) < 4.78 is 45.2. The van der Waals surface area contributed by atoms with Gasteiger partial charge in [-0.05, 0) is 45.5 Å². The van der Waals surface area contributed by atoms with Crippen LogP contribution in [0, 0.1) is 6.92 Å². The molecule has 2 rings (SSSR count). The fraction of sp³-hybridized carbons (Fsp3) is 0.471. The lowest BCUT2D eigenvalue weighted by molar-refractivity contribution is -0.155. The minimum absolute atomic E-state index is 0.117. The van der Waals surface area contributed by atoms with Crippen LogP contribution >= 0.6 is 23.4 Å². The molecular formula is C17H19ClF3N3O2S. The van der Waals surface area contributed by atoms with Crippen LogP contribution in [0.3, 0.4) is 0 Å². The van der Waals surface area contributed by atoms with E-state index in [4.69, 9.17) is 16.3 Å². The van der Waals surface area contributed by atoms with Gasteiger partial charge >= 0.3 is 12.1 Å². The van der Waals surface area contributed by atoms with Crippen molar-refractivity contribution in [2.75, 3.05) is 0 Å². The van der Waals surface area contributed by atoms with Crippen molar-refractivity contribution in [1.82, 2.24) is 14.5 Å². The maximum Gasteiger partial charge on any atom is 0.417 e. The monoisotopic (exact) mass is 421 g/mol. The molecule has 10 heteroatoms. The molecule has 0 aliphatic carbocycles. The number of alkyl halides is 3. The molecule has 2 heterocycles. The van der Waals surface area contributed by atoms with Crippen molar-refractivity contribution in [3.63, 3.8) is 0 Å². The Kier molecular flexibility index (Phi) is 6.47. The molecule has 5 nitrogen and oxygen atoms in total. The van der Waals surface area contributed by atoms with Crippen LogP contribution in [-0.2, 0) is 22.3 Å². The van der Waals surface area contributed by atoms with Crippen LogP contribution in [0.2, 0.25) is 5.02 Å². The summed E-state index contributed by atoms with van der Waals surface area (Å²) in [5.41, 5.74) is -0.789. The molecule has 2 aromatic rings. The lowest BCUT2D eigenvalue weighted by atomic mass is 10.2. The van der Waals surface area contributed by atoms with Crippen LogP contribution in [0.25, 0.3) is 0 Å². The number of carbonyl (C=O) groups is 1. The van der Waals surface area contributed by atoms with E-state index in [1.54, 1.807) is 38.5 Å². The lowest BCUT2D eigenvalue weighted by Crippen LogP contribution is -2.24. The normalized spacial score (nSPS) is 12.3. The summed E-state index contributed by atoms with van der Waals surface area (Å²) in [4.78, 5) is 20.0. The first kappa shape index (κ1) is 21.6. The highest BCUT2D eigenvalue weighted by molar-refractivity contribution is 7.99. The highest BCUT2D eigenvalue weighted by Gasteiger charge is 2.31. The number of aryl methyl sites for hydroxylation is 2. The Labute approximate surface area is 164 Å². The minimum Gasteiger partial charge on any atom is -0.460 e. The maximum atomic E-state index is 12.7. The molecule has 0 atom stereocenters. The summed E-state index contributed by atoms with van der Waals surface area (Å²) in [6, 6.07) is 0.831. The van der Waals surface area contributed by atoms with Gasteiger partial charge in [-0.25, -0.2) is 9.97 Å². The third-order valence-corrected chi connectivity index (χ3v) is 4.59. The number of hydrogen-bond donors (Lipinski definition) is 0. The summed E-state index contributed by atoms with van der Waals surface area (Å²) >= 11 is 6.99. The molecule has 0 unspecified atom stereocenters. The van der Waals surface area contributed by atoms with E-state index in [1.165, 1.54) is 0 Å². The summed E-state index contributed by atoms with van der Waals surface area (Å²) in [6.45, 7) is 7.44. The Balaban J connectivity index is 2.13. The van der Waals surface area contributed by atoms with Crippen LogP contribution in [0.15, 0.2) is 28.6 Å². The Morgan fingerprint density at radius 1 is 1.33 bits per heavy atom. The molecule has 0 aliphatic rings. The van der Waals surface area contributed by atoms with Gasteiger partial charge in [0.2, 0.25) is 0 Å². The number of imidazole rings is 1. The Morgan fingerprint density at radius 3 is 2.56 bits per heavy atom. The number of carbonyl (C=O) groups excluding carboxylic acids is 1. The van der Waals surface area contributed by atoms with Crippen molar-refractivity contribution in [2.45, 2.75) is 62.6 Å². The standard InChI is InChI=1S/C17H19ClF3N3O2S/c1-10-9-24(6-5-13(25)26-16(2,3)4)15(23-10)27-14-12(18)7-11(8-22-14)17(19,20)21/h7-9H,5-6H2,1-4H3. The fourth-order valence-electron chi connectivity index (χ4n) is 2.11. The molecule has 148 valence electrons. The van der Waals surface area contributed by atoms with E-state index in [1.807, 2.05) is 0 Å². The van der Waals surface area contributed by atoms with Crippen LogP contribution < -0.4 is 0 Å². The van der Waals surface area contributed by atoms with Gasteiger partial charge in [-0.15, -0.1) is 0 Å². The van der Waals surface area contributed by atoms with Gasteiger partial charge in [0.25, 0.3) is 0 Å². The maximum absolute atomic E-state index is 12.7. The zero-order chi connectivity index (χ0) is 20.4. The third-order valence-electron chi connectivity index (χ3n) is 3.16. The smallest absolute Gasteiger partial charge is 0.417 e. The number of ether oxygens (including phenoxy) is 1. The van der Waals surface area contributed by atoms with Crippen molar-refractivity contribution in [1.29, 1.82) is 0 Å². The second kappa shape index (κ2) is 8.10. The van der Waals surface area contributed by atoms with Gasteiger partial charge in [-0.1, -0.05) is 11.6 Å². The van der Waals surface area contributed by atoms with E-state index < -0.39 is 17.3 Å². The number of nitrogens with zero attached hydrogens (tertiary/aromatic N) is 3. The zero-order valence-electron chi connectivity index (χ0n) is 15.2. The van der Waals surface area contributed by atoms with Gasteiger partial charge in [0, 0.05) is 18.9 Å². The fourth-order valence-corrected chi connectivity index (χ4v) is 3.28. The van der Waals surface area contributed by atoms with Crippen LogP contribution in [-0.4, -0.2) is 26.1 Å². The average Bonchev–Trinajstić information content (AvgIpc) is 2.84. The molecule has 2 aromatic heterocycles. The van der Waals surface area contributed by atoms with Gasteiger partial charge in [0.05, 0.1) is 22.7 Å². The number of esters is 1. The van der Waals surface area contributed by atoms with Gasteiger partial charge in [0.1, 0.15) is 10.6 Å². The number of pyridine rings is 1. The van der Waals surface area contributed by atoms with Crippen molar-refractivity contribution in [3.05, 3.63) is 34.7 Å². The SMILES string of the molecule is Cc1cn(CCC(=O)OC(C)(C)C)c(Sc2ncc(C(F)(F)F)cc2Cl)n1. The van der Waals surface area contributed by atoms with Crippen LogP contribution in [0.5, 0.6) is 0 Å². The first-order valence-electron chi connectivity index (χ1n) is 8.01. The second-order valence-corrected chi connectivity index (χ2v) is 8.17. The number of hydrogen-bond acceptors (Lipinski definition) is 5. The Hall–Kier alpha value is -1.74. The van der Waals surface area contributed by atoms with Gasteiger partial charge in [0.15, 0.2) is 5.16 Å². The van der Waals surface area contributed by atoms with Crippen LogP contribution in [0.1, 0.15) is 38.4 Å². The molecule has 0 spiro atoms. The summed E-state index contributed by atoms with van der Waals surface area (Å²) in [5, 5.41) is 0.563. The quantitative estimate of drug-likeness (QED) is 0.625. The molecule has 0 aliphatic heterocycles. The van der Waals surface area contributed by atoms with E-state index in [-0.39, 0.29) is 22.4 Å². The molecule has 0 saturated carbocycles. The van der Waals surface area contributed by atoms with E-state index in [0.29, 0.717) is 17.4 Å². The minimum atomic E-state index is -4.51. The van der Waals surface area contributed by atoms with Crippen molar-refractivity contribution in [3.8, 4) is 0 Å². The first-order valence-corrected chi connectivity index (χ1v) is 9.21. The van der Waals surface area contributed by atoms with Gasteiger partial charge in [-0.3, -0.25) is 4.79 Å². The Morgan fingerprint density at radius 2 is 2.00 bits per heavy atom. The van der Waals surface area contributed by atoms with E-state index in [9.17, 15) is 18.0 Å². The third kappa shape index (κ3) is 6.42. The predicted molar refractivity (Wildman–Crippen MR) is 95.8 cm³/mol. The van der Waals surface area contributed by atoms with Crippen LogP contribution in [0.4, 0.5) is 13.2 Å². The molecule has 27 heavy (non-hydrogen) atoms. The molecule has 0 fully saturated rings. The highest BCUT2D eigenvalue weighted by Crippen LogP contribution is 2.36. The first-order chi connectivity index (χ1) is 12.3. The molecule has 0 aromatic carbocycles. The van der Waals surface area contributed by atoms with E-state index in [2.05, 4.69) is 9.97 Å². The van der Waals surface area contributed by atoms with Crippen molar-refractivity contribution >= 4 is 29.3 Å². The van der Waals surface area contributed by atoms with Crippen molar-refractivity contribution in [2.24, 2.45) is 0 Å². The van der Waals surface area contributed by atoms with Gasteiger partial charge < -0.3 is 9.30 Å². The number of halogens is 4. The largest absolute Gasteiger partial charge is 0.460 e. The lowest BCUT2D eigenvalue weighted by Gasteiger charge is -2.19. The van der Waals surface area contributed by atoms with E-state index >= 15 is 0 Å². The summed E-state index contributed by atoms with van der Waals surface area (Å²) in [7, 11) is 0. The molecule has 0 bridgehead atoms. The van der Waals surface area contributed by atoms with Crippen molar-refractivity contribution < 1.29 is 22.7 Å². The Bertz CT molecular complexity index is 832. The summed E-state index contributed by atoms with van der Waals surface area (Å²) in [5.74, 6) is -0.351. The molecular weight excluding hydrogens is 403 g/mol. The molecule has 0 saturated heterocycles. The number of rotatable bonds is 5. The average molecular weight is 422 g/mol.